The second-order valence-corrected chi connectivity index (χ2v) is 4.64. The molecule has 0 radical (unpaired) electrons. The number of aromatic nitrogens is 1. The maximum Gasteiger partial charge on any atom is 0.238 e. The van der Waals surface area contributed by atoms with Crippen LogP contribution >= 0.6 is 0 Å². The van der Waals surface area contributed by atoms with Gasteiger partial charge in [-0.1, -0.05) is 12.1 Å². The van der Waals surface area contributed by atoms with Gasteiger partial charge < -0.3 is 15.4 Å². The van der Waals surface area contributed by atoms with Crippen molar-refractivity contribution >= 4 is 11.6 Å². The molecule has 5 nitrogen and oxygen atoms in total. The number of amides is 1. The lowest BCUT2D eigenvalue weighted by atomic mass is 10.2. The molecule has 5 heteroatoms. The SMILES string of the molecule is COc1cccc(NC(=O)CNC(C)c2ccccn2)c1. The average Bonchev–Trinajstić information content (AvgIpc) is 2.53. The number of carbonyl (C=O) groups is 1. The van der Waals surface area contributed by atoms with Crippen LogP contribution in [0, 0.1) is 0 Å². The summed E-state index contributed by atoms with van der Waals surface area (Å²) in [4.78, 5) is 16.2. The molecule has 2 rings (SSSR count). The fourth-order valence-corrected chi connectivity index (χ4v) is 1.89. The predicted octanol–water partition coefficient (Wildman–Crippen LogP) is 2.38. The van der Waals surface area contributed by atoms with E-state index in [1.165, 1.54) is 0 Å². The number of hydrogen-bond donors (Lipinski definition) is 2. The molecule has 0 saturated heterocycles. The van der Waals surface area contributed by atoms with Crippen LogP contribution in [0.2, 0.25) is 0 Å². The first-order chi connectivity index (χ1) is 10.2. The Morgan fingerprint density at radius 3 is 2.86 bits per heavy atom. The zero-order chi connectivity index (χ0) is 15.1. The van der Waals surface area contributed by atoms with Gasteiger partial charge in [-0.25, -0.2) is 0 Å². The maximum atomic E-state index is 11.9. The Bertz CT molecular complexity index is 587. The first-order valence-electron chi connectivity index (χ1n) is 6.77. The summed E-state index contributed by atoms with van der Waals surface area (Å²) >= 11 is 0. The summed E-state index contributed by atoms with van der Waals surface area (Å²) in [5, 5.41) is 5.96. The van der Waals surface area contributed by atoms with Gasteiger partial charge in [-0.15, -0.1) is 0 Å². The zero-order valence-electron chi connectivity index (χ0n) is 12.2. The van der Waals surface area contributed by atoms with Gasteiger partial charge in [0.25, 0.3) is 0 Å². The fraction of sp³-hybridized carbons (Fsp3) is 0.250. The second kappa shape index (κ2) is 7.40. The van der Waals surface area contributed by atoms with Gasteiger partial charge in [0.05, 0.1) is 19.3 Å². The molecular weight excluding hydrogens is 266 g/mol. The van der Waals surface area contributed by atoms with Crippen molar-refractivity contribution in [1.82, 2.24) is 10.3 Å². The molecule has 0 bridgehead atoms. The van der Waals surface area contributed by atoms with Crippen molar-refractivity contribution in [3.8, 4) is 5.75 Å². The van der Waals surface area contributed by atoms with Crippen LogP contribution in [0.4, 0.5) is 5.69 Å². The number of carbonyl (C=O) groups excluding carboxylic acids is 1. The highest BCUT2D eigenvalue weighted by Crippen LogP contribution is 2.16. The van der Waals surface area contributed by atoms with E-state index in [-0.39, 0.29) is 18.5 Å². The third kappa shape index (κ3) is 4.57. The van der Waals surface area contributed by atoms with Crippen LogP contribution in [0.1, 0.15) is 18.7 Å². The van der Waals surface area contributed by atoms with Gasteiger partial charge in [-0.2, -0.15) is 0 Å². The molecule has 1 atom stereocenters. The average molecular weight is 285 g/mol. The van der Waals surface area contributed by atoms with Crippen molar-refractivity contribution in [1.29, 1.82) is 0 Å². The van der Waals surface area contributed by atoms with Gasteiger partial charge in [-0.3, -0.25) is 9.78 Å². The summed E-state index contributed by atoms with van der Waals surface area (Å²) in [5.41, 5.74) is 1.62. The number of rotatable bonds is 6. The number of benzene rings is 1. The number of methoxy groups -OCH3 is 1. The lowest BCUT2D eigenvalue weighted by Gasteiger charge is -2.13. The number of anilines is 1. The highest BCUT2D eigenvalue weighted by molar-refractivity contribution is 5.92. The Morgan fingerprint density at radius 1 is 1.29 bits per heavy atom. The summed E-state index contributed by atoms with van der Waals surface area (Å²) in [5.74, 6) is 0.605. The van der Waals surface area contributed by atoms with Crippen molar-refractivity contribution in [2.75, 3.05) is 19.0 Å². The van der Waals surface area contributed by atoms with Gasteiger partial charge in [0, 0.05) is 24.0 Å². The minimum atomic E-state index is -0.106. The van der Waals surface area contributed by atoms with Crippen LogP contribution in [-0.4, -0.2) is 24.5 Å². The van der Waals surface area contributed by atoms with Crippen molar-refractivity contribution in [3.63, 3.8) is 0 Å². The first kappa shape index (κ1) is 15.0. The van der Waals surface area contributed by atoms with Crippen LogP contribution in [0.15, 0.2) is 48.7 Å². The third-order valence-electron chi connectivity index (χ3n) is 3.05. The second-order valence-electron chi connectivity index (χ2n) is 4.64. The third-order valence-corrected chi connectivity index (χ3v) is 3.05. The molecule has 1 unspecified atom stereocenters. The molecule has 2 aromatic rings. The number of nitrogens with one attached hydrogen (secondary N) is 2. The standard InChI is InChI=1S/C16H19N3O2/c1-12(15-8-3-4-9-17-15)18-11-16(20)19-13-6-5-7-14(10-13)21-2/h3-10,12,18H,11H2,1-2H3,(H,19,20). The molecular formula is C16H19N3O2. The summed E-state index contributed by atoms with van der Waals surface area (Å²) in [6.07, 6.45) is 1.74. The Balaban J connectivity index is 1.84. The topological polar surface area (TPSA) is 63.2 Å². The normalized spacial score (nSPS) is 11.7. The van der Waals surface area contributed by atoms with Crippen molar-refractivity contribution < 1.29 is 9.53 Å². The van der Waals surface area contributed by atoms with Crippen LogP contribution in [0.25, 0.3) is 0 Å². The molecule has 0 aliphatic carbocycles. The van der Waals surface area contributed by atoms with Crippen LogP contribution in [0.3, 0.4) is 0 Å². The Labute approximate surface area is 124 Å². The largest absolute Gasteiger partial charge is 0.497 e. The summed E-state index contributed by atoms with van der Waals surface area (Å²) in [6.45, 7) is 2.19. The van der Waals surface area contributed by atoms with E-state index in [1.807, 2.05) is 43.3 Å². The summed E-state index contributed by atoms with van der Waals surface area (Å²) in [7, 11) is 1.59. The molecule has 0 aliphatic rings. The van der Waals surface area contributed by atoms with Gasteiger partial charge >= 0.3 is 0 Å². The molecule has 1 amide bonds. The predicted molar refractivity (Wildman–Crippen MR) is 82.3 cm³/mol. The molecule has 1 aromatic heterocycles. The number of nitrogens with zero attached hydrogens (tertiary/aromatic N) is 1. The fourth-order valence-electron chi connectivity index (χ4n) is 1.89. The Kier molecular flexibility index (Phi) is 5.29. The van der Waals surface area contributed by atoms with Crippen molar-refractivity contribution in [3.05, 3.63) is 54.4 Å². The van der Waals surface area contributed by atoms with E-state index < -0.39 is 0 Å². The van der Waals surface area contributed by atoms with Crippen LogP contribution < -0.4 is 15.4 Å². The van der Waals surface area contributed by atoms with E-state index in [0.717, 1.165) is 5.69 Å². The van der Waals surface area contributed by atoms with Gasteiger partial charge in [-0.05, 0) is 31.2 Å². The van der Waals surface area contributed by atoms with E-state index in [1.54, 1.807) is 19.4 Å². The Morgan fingerprint density at radius 2 is 2.14 bits per heavy atom. The molecule has 110 valence electrons. The molecule has 1 aromatic carbocycles. The molecule has 2 N–H and O–H groups in total. The van der Waals surface area contributed by atoms with Crippen molar-refractivity contribution in [2.45, 2.75) is 13.0 Å². The van der Waals surface area contributed by atoms with E-state index >= 15 is 0 Å². The number of pyridine rings is 1. The lowest BCUT2D eigenvalue weighted by Crippen LogP contribution is -2.30. The van der Waals surface area contributed by atoms with Gasteiger partial charge in [0.15, 0.2) is 0 Å². The van der Waals surface area contributed by atoms with Gasteiger partial charge in [0.2, 0.25) is 5.91 Å². The molecule has 0 fully saturated rings. The Hall–Kier alpha value is -2.40. The first-order valence-corrected chi connectivity index (χ1v) is 6.77. The maximum absolute atomic E-state index is 11.9. The van der Waals surface area contributed by atoms with Gasteiger partial charge in [0.1, 0.15) is 5.75 Å². The molecule has 21 heavy (non-hydrogen) atoms. The zero-order valence-corrected chi connectivity index (χ0v) is 12.2. The monoisotopic (exact) mass is 285 g/mol. The highest BCUT2D eigenvalue weighted by Gasteiger charge is 2.08. The minimum absolute atomic E-state index is 0.0160. The molecule has 0 aliphatic heterocycles. The van der Waals surface area contributed by atoms with E-state index in [4.69, 9.17) is 4.74 Å². The molecule has 1 heterocycles. The van der Waals surface area contributed by atoms with Crippen LogP contribution in [-0.2, 0) is 4.79 Å². The quantitative estimate of drug-likeness (QED) is 0.855. The number of ether oxygens (including phenoxy) is 1. The lowest BCUT2D eigenvalue weighted by molar-refractivity contribution is -0.115. The van der Waals surface area contributed by atoms with Crippen LogP contribution in [0.5, 0.6) is 5.75 Å². The number of hydrogen-bond acceptors (Lipinski definition) is 4. The van der Waals surface area contributed by atoms with E-state index in [2.05, 4.69) is 15.6 Å². The molecule has 0 saturated carbocycles. The summed E-state index contributed by atoms with van der Waals surface area (Å²) < 4.78 is 5.12. The van der Waals surface area contributed by atoms with Crippen molar-refractivity contribution in [2.24, 2.45) is 0 Å². The smallest absolute Gasteiger partial charge is 0.238 e. The molecule has 0 spiro atoms. The summed E-state index contributed by atoms with van der Waals surface area (Å²) in [6, 6.07) is 13.0. The van der Waals surface area contributed by atoms with E-state index in [0.29, 0.717) is 11.4 Å². The minimum Gasteiger partial charge on any atom is -0.497 e. The van der Waals surface area contributed by atoms with E-state index in [9.17, 15) is 4.79 Å². The highest BCUT2D eigenvalue weighted by atomic mass is 16.5.